The highest BCUT2D eigenvalue weighted by molar-refractivity contribution is 5.27. The van der Waals surface area contributed by atoms with Crippen LogP contribution in [0.3, 0.4) is 0 Å². The highest BCUT2D eigenvalue weighted by Crippen LogP contribution is 2.21. The summed E-state index contributed by atoms with van der Waals surface area (Å²) in [6.07, 6.45) is 3.06. The van der Waals surface area contributed by atoms with Crippen molar-refractivity contribution in [3.63, 3.8) is 0 Å². The third-order valence-corrected chi connectivity index (χ3v) is 3.67. The number of halogens is 1. The van der Waals surface area contributed by atoms with Crippen LogP contribution in [0.4, 0.5) is 4.39 Å². The zero-order chi connectivity index (χ0) is 15.1. The number of hydrogen-bond donors (Lipinski definition) is 1. The van der Waals surface area contributed by atoms with Crippen molar-refractivity contribution in [1.29, 1.82) is 0 Å². The van der Waals surface area contributed by atoms with Crippen molar-refractivity contribution in [2.45, 2.75) is 39.2 Å². The molecule has 2 rings (SSSR count). The van der Waals surface area contributed by atoms with Gasteiger partial charge in [-0.2, -0.15) is 0 Å². The topological polar surface area (TPSA) is 12.0 Å². The SMILES string of the molecule is CCCNC(CCc1ccccc1)c1cc(C)cc(F)c1. The molecule has 0 saturated carbocycles. The standard InChI is InChI=1S/C19H24FN/c1-3-11-21-19(10-9-16-7-5-4-6-8-16)17-12-15(2)13-18(20)14-17/h4-8,12-14,19,21H,3,9-11H2,1-2H3. The van der Waals surface area contributed by atoms with Gasteiger partial charge in [-0.1, -0.05) is 43.3 Å². The van der Waals surface area contributed by atoms with E-state index < -0.39 is 0 Å². The Bertz CT molecular complexity index is 530. The van der Waals surface area contributed by atoms with Crippen molar-refractivity contribution in [3.8, 4) is 0 Å². The normalized spacial score (nSPS) is 12.3. The van der Waals surface area contributed by atoms with E-state index in [0.717, 1.165) is 36.9 Å². The Kier molecular flexibility index (Phi) is 5.94. The van der Waals surface area contributed by atoms with Gasteiger partial charge in [0, 0.05) is 6.04 Å². The minimum atomic E-state index is -0.145. The Morgan fingerprint density at radius 1 is 1.10 bits per heavy atom. The first-order chi connectivity index (χ1) is 10.2. The summed E-state index contributed by atoms with van der Waals surface area (Å²) in [6.45, 7) is 5.05. The molecular formula is C19H24FN. The third kappa shape index (κ3) is 4.98. The third-order valence-electron chi connectivity index (χ3n) is 3.67. The molecule has 112 valence electrons. The van der Waals surface area contributed by atoms with E-state index in [-0.39, 0.29) is 11.9 Å². The second kappa shape index (κ2) is 7.94. The lowest BCUT2D eigenvalue weighted by molar-refractivity contribution is 0.495. The van der Waals surface area contributed by atoms with Crippen molar-refractivity contribution >= 4 is 0 Å². The molecule has 1 N–H and O–H groups in total. The number of hydrogen-bond acceptors (Lipinski definition) is 1. The van der Waals surface area contributed by atoms with Gasteiger partial charge >= 0.3 is 0 Å². The molecule has 0 fully saturated rings. The van der Waals surface area contributed by atoms with Gasteiger partial charge in [0.25, 0.3) is 0 Å². The summed E-state index contributed by atoms with van der Waals surface area (Å²) < 4.78 is 13.6. The molecule has 0 aromatic heterocycles. The highest BCUT2D eigenvalue weighted by atomic mass is 19.1. The zero-order valence-electron chi connectivity index (χ0n) is 12.9. The molecule has 0 bridgehead atoms. The van der Waals surface area contributed by atoms with Crippen molar-refractivity contribution in [3.05, 3.63) is 71.0 Å². The van der Waals surface area contributed by atoms with Crippen LogP contribution in [-0.2, 0) is 6.42 Å². The van der Waals surface area contributed by atoms with Crippen molar-refractivity contribution in [1.82, 2.24) is 5.32 Å². The maximum atomic E-state index is 13.6. The Hall–Kier alpha value is -1.67. The summed E-state index contributed by atoms with van der Waals surface area (Å²) in [6, 6.07) is 16.0. The average Bonchev–Trinajstić information content (AvgIpc) is 2.47. The molecule has 0 aliphatic carbocycles. The second-order valence-corrected chi connectivity index (χ2v) is 5.59. The molecule has 0 aliphatic rings. The lowest BCUT2D eigenvalue weighted by Gasteiger charge is -2.20. The minimum Gasteiger partial charge on any atom is -0.310 e. The molecule has 1 nitrogen and oxygen atoms in total. The fourth-order valence-corrected chi connectivity index (χ4v) is 2.63. The van der Waals surface area contributed by atoms with Gasteiger partial charge in [-0.25, -0.2) is 4.39 Å². The van der Waals surface area contributed by atoms with Gasteiger partial charge in [0.1, 0.15) is 5.82 Å². The number of benzene rings is 2. The molecule has 21 heavy (non-hydrogen) atoms. The van der Waals surface area contributed by atoms with Gasteiger partial charge in [0.15, 0.2) is 0 Å². The largest absolute Gasteiger partial charge is 0.310 e. The molecule has 2 aromatic carbocycles. The van der Waals surface area contributed by atoms with Gasteiger partial charge < -0.3 is 5.32 Å². The number of nitrogens with one attached hydrogen (secondary N) is 1. The fourth-order valence-electron chi connectivity index (χ4n) is 2.63. The van der Waals surface area contributed by atoms with E-state index in [9.17, 15) is 4.39 Å². The molecule has 0 heterocycles. The maximum Gasteiger partial charge on any atom is 0.123 e. The van der Waals surface area contributed by atoms with Crippen molar-refractivity contribution in [2.75, 3.05) is 6.54 Å². The van der Waals surface area contributed by atoms with Crippen LogP contribution >= 0.6 is 0 Å². The molecule has 0 amide bonds. The summed E-state index contributed by atoms with van der Waals surface area (Å²) in [7, 11) is 0. The average molecular weight is 285 g/mol. The number of rotatable bonds is 7. The van der Waals surface area contributed by atoms with Gasteiger partial charge in [-0.3, -0.25) is 0 Å². The maximum absolute atomic E-state index is 13.6. The van der Waals surface area contributed by atoms with E-state index in [1.165, 1.54) is 5.56 Å². The lowest BCUT2D eigenvalue weighted by Crippen LogP contribution is -2.23. The van der Waals surface area contributed by atoms with Crippen LogP contribution in [0, 0.1) is 12.7 Å². The van der Waals surface area contributed by atoms with E-state index in [4.69, 9.17) is 0 Å². The first-order valence-corrected chi connectivity index (χ1v) is 7.73. The van der Waals surface area contributed by atoms with E-state index in [1.54, 1.807) is 12.1 Å². The van der Waals surface area contributed by atoms with Crippen LogP contribution in [0.15, 0.2) is 48.5 Å². The summed E-state index contributed by atoms with van der Waals surface area (Å²) >= 11 is 0. The molecule has 2 aromatic rings. The van der Waals surface area contributed by atoms with Crippen molar-refractivity contribution < 1.29 is 4.39 Å². The Labute approximate surface area is 127 Å². The monoisotopic (exact) mass is 285 g/mol. The molecular weight excluding hydrogens is 261 g/mol. The van der Waals surface area contributed by atoms with Crippen LogP contribution in [0.25, 0.3) is 0 Å². The first-order valence-electron chi connectivity index (χ1n) is 7.73. The predicted molar refractivity (Wildman–Crippen MR) is 86.9 cm³/mol. The first kappa shape index (κ1) is 15.7. The highest BCUT2D eigenvalue weighted by Gasteiger charge is 2.12. The Morgan fingerprint density at radius 3 is 2.52 bits per heavy atom. The summed E-state index contributed by atoms with van der Waals surface area (Å²) in [5, 5.41) is 3.54. The molecule has 0 spiro atoms. The smallest absolute Gasteiger partial charge is 0.123 e. The van der Waals surface area contributed by atoms with Gasteiger partial charge in [-0.15, -0.1) is 0 Å². The predicted octanol–water partition coefficient (Wildman–Crippen LogP) is 4.81. The summed E-state index contributed by atoms with van der Waals surface area (Å²) in [4.78, 5) is 0. The van der Waals surface area contributed by atoms with Gasteiger partial charge in [0.05, 0.1) is 0 Å². The van der Waals surface area contributed by atoms with Gasteiger partial charge in [-0.05, 0) is 61.6 Å². The Balaban J connectivity index is 2.10. The molecule has 0 saturated heterocycles. The quantitative estimate of drug-likeness (QED) is 0.770. The number of aryl methyl sites for hydroxylation is 2. The van der Waals surface area contributed by atoms with Crippen LogP contribution in [0.1, 0.15) is 42.5 Å². The van der Waals surface area contributed by atoms with E-state index in [0.29, 0.717) is 0 Å². The summed E-state index contributed by atoms with van der Waals surface area (Å²) in [5.41, 5.74) is 3.36. The zero-order valence-corrected chi connectivity index (χ0v) is 12.9. The fraction of sp³-hybridized carbons (Fsp3) is 0.368. The van der Waals surface area contributed by atoms with E-state index in [2.05, 4.69) is 42.6 Å². The molecule has 1 unspecified atom stereocenters. The van der Waals surface area contributed by atoms with Crippen LogP contribution in [0.5, 0.6) is 0 Å². The van der Waals surface area contributed by atoms with Crippen LogP contribution in [0.2, 0.25) is 0 Å². The van der Waals surface area contributed by atoms with E-state index >= 15 is 0 Å². The second-order valence-electron chi connectivity index (χ2n) is 5.59. The van der Waals surface area contributed by atoms with Crippen LogP contribution in [-0.4, -0.2) is 6.54 Å². The summed E-state index contributed by atoms with van der Waals surface area (Å²) in [5.74, 6) is -0.145. The van der Waals surface area contributed by atoms with Crippen molar-refractivity contribution in [2.24, 2.45) is 0 Å². The van der Waals surface area contributed by atoms with Gasteiger partial charge in [0.2, 0.25) is 0 Å². The molecule has 2 heteroatoms. The minimum absolute atomic E-state index is 0.145. The lowest BCUT2D eigenvalue weighted by atomic mass is 9.97. The molecule has 0 aliphatic heterocycles. The van der Waals surface area contributed by atoms with Crippen LogP contribution < -0.4 is 5.32 Å². The molecule has 1 atom stereocenters. The van der Waals surface area contributed by atoms with E-state index in [1.807, 2.05) is 13.0 Å². The Morgan fingerprint density at radius 2 is 1.86 bits per heavy atom. The molecule has 0 radical (unpaired) electrons.